The van der Waals surface area contributed by atoms with Crippen molar-refractivity contribution in [3.63, 3.8) is 0 Å². The van der Waals surface area contributed by atoms with Crippen LogP contribution in [0.1, 0.15) is 5.56 Å². The number of nitrogens with zero attached hydrogens (tertiary/aromatic N) is 1. The normalized spacial score (nSPS) is 10.5. The topological polar surface area (TPSA) is 38.9 Å². The molecule has 0 bridgehead atoms. The van der Waals surface area contributed by atoms with Crippen LogP contribution in [0.4, 0.5) is 10.1 Å². The quantitative estimate of drug-likeness (QED) is 0.862. The van der Waals surface area contributed by atoms with Gasteiger partial charge in [-0.2, -0.15) is 0 Å². The Kier molecular flexibility index (Phi) is 3.86. The van der Waals surface area contributed by atoms with E-state index in [0.29, 0.717) is 22.0 Å². The zero-order valence-electron chi connectivity index (χ0n) is 8.86. The number of rotatable bonds is 3. The lowest BCUT2D eigenvalue weighted by molar-refractivity contribution is 0.617. The number of hydrogen-bond acceptors (Lipinski definition) is 3. The molecule has 2 aromatic rings. The van der Waals surface area contributed by atoms with Gasteiger partial charge < -0.3 is 5.73 Å². The average molecular weight is 269 g/mol. The number of nitrogen functional groups attached to an aromatic ring is 1. The van der Waals surface area contributed by atoms with Gasteiger partial charge in [-0.1, -0.05) is 17.7 Å². The summed E-state index contributed by atoms with van der Waals surface area (Å²) in [7, 11) is 0. The Morgan fingerprint density at radius 3 is 2.76 bits per heavy atom. The Morgan fingerprint density at radius 1 is 1.29 bits per heavy atom. The van der Waals surface area contributed by atoms with Crippen LogP contribution in [0, 0.1) is 5.82 Å². The van der Waals surface area contributed by atoms with Gasteiger partial charge in [0.15, 0.2) is 0 Å². The van der Waals surface area contributed by atoms with Gasteiger partial charge in [-0.05, 0) is 24.3 Å². The Hall–Kier alpha value is -1.26. The second-order valence-corrected chi connectivity index (χ2v) is 4.82. The van der Waals surface area contributed by atoms with E-state index in [1.54, 1.807) is 30.5 Å². The molecule has 0 saturated heterocycles. The van der Waals surface area contributed by atoms with Gasteiger partial charge in [0.05, 0.1) is 16.9 Å². The van der Waals surface area contributed by atoms with Crippen molar-refractivity contribution in [1.82, 2.24) is 4.98 Å². The third-order valence-corrected chi connectivity index (χ3v) is 3.51. The second-order valence-electron chi connectivity index (χ2n) is 3.42. The molecule has 2 rings (SSSR count). The lowest BCUT2D eigenvalue weighted by atomic mass is 10.2. The van der Waals surface area contributed by atoms with Crippen molar-refractivity contribution in [2.45, 2.75) is 10.8 Å². The number of anilines is 1. The van der Waals surface area contributed by atoms with Gasteiger partial charge in [-0.15, -0.1) is 11.8 Å². The van der Waals surface area contributed by atoms with Crippen LogP contribution in [0.25, 0.3) is 0 Å². The Balaban J connectivity index is 2.10. The van der Waals surface area contributed by atoms with Gasteiger partial charge >= 0.3 is 0 Å². The Bertz CT molecular complexity index is 496. The number of benzene rings is 1. The van der Waals surface area contributed by atoms with Crippen LogP contribution in [0.15, 0.2) is 41.6 Å². The number of aromatic nitrogens is 1. The van der Waals surface area contributed by atoms with Crippen LogP contribution in [0.3, 0.4) is 0 Å². The lowest BCUT2D eigenvalue weighted by Crippen LogP contribution is -1.90. The maximum absolute atomic E-state index is 13.5. The van der Waals surface area contributed by atoms with Crippen LogP contribution < -0.4 is 5.73 Å². The van der Waals surface area contributed by atoms with E-state index in [0.717, 1.165) is 5.03 Å². The summed E-state index contributed by atoms with van der Waals surface area (Å²) in [6.07, 6.45) is 1.57. The summed E-state index contributed by atoms with van der Waals surface area (Å²) in [6.45, 7) is 0. The standard InChI is InChI=1S/C12H10ClFN2S/c13-10-2-1-3-11(14)9(10)7-17-12-5-4-8(15)6-16-12/h1-6H,7,15H2. The van der Waals surface area contributed by atoms with Crippen LogP contribution >= 0.6 is 23.4 Å². The zero-order valence-corrected chi connectivity index (χ0v) is 10.4. The first-order valence-electron chi connectivity index (χ1n) is 4.94. The first-order valence-corrected chi connectivity index (χ1v) is 6.30. The molecule has 0 amide bonds. The van der Waals surface area contributed by atoms with Crippen LogP contribution in [0.2, 0.25) is 5.02 Å². The van der Waals surface area contributed by atoms with Gasteiger partial charge in [-0.3, -0.25) is 0 Å². The predicted octanol–water partition coefficient (Wildman–Crippen LogP) is 3.75. The van der Waals surface area contributed by atoms with E-state index in [1.165, 1.54) is 17.8 Å². The smallest absolute Gasteiger partial charge is 0.128 e. The Labute approximate surface area is 108 Å². The summed E-state index contributed by atoms with van der Waals surface area (Å²) in [4.78, 5) is 4.13. The molecular formula is C12H10ClFN2S. The van der Waals surface area contributed by atoms with Gasteiger partial charge in [-0.25, -0.2) is 9.37 Å². The van der Waals surface area contributed by atoms with E-state index in [4.69, 9.17) is 17.3 Å². The first kappa shape index (κ1) is 12.2. The SMILES string of the molecule is Nc1ccc(SCc2c(F)cccc2Cl)nc1. The van der Waals surface area contributed by atoms with Crippen molar-refractivity contribution >= 4 is 29.1 Å². The fourth-order valence-corrected chi connectivity index (χ4v) is 2.48. The minimum absolute atomic E-state index is 0.291. The molecule has 2 nitrogen and oxygen atoms in total. The zero-order chi connectivity index (χ0) is 12.3. The second kappa shape index (κ2) is 5.38. The summed E-state index contributed by atoms with van der Waals surface area (Å²) in [5.41, 5.74) is 6.64. The molecule has 0 fully saturated rings. The predicted molar refractivity (Wildman–Crippen MR) is 69.6 cm³/mol. The van der Waals surface area contributed by atoms with Gasteiger partial charge in [0.1, 0.15) is 5.82 Å². The highest BCUT2D eigenvalue weighted by Gasteiger charge is 2.07. The van der Waals surface area contributed by atoms with E-state index in [9.17, 15) is 4.39 Å². The Morgan fingerprint density at radius 2 is 2.12 bits per heavy atom. The van der Waals surface area contributed by atoms with Crippen molar-refractivity contribution in [3.05, 3.63) is 52.9 Å². The average Bonchev–Trinajstić information content (AvgIpc) is 2.31. The van der Waals surface area contributed by atoms with Crippen molar-refractivity contribution in [3.8, 4) is 0 Å². The monoisotopic (exact) mass is 268 g/mol. The van der Waals surface area contributed by atoms with Gasteiger partial charge in [0, 0.05) is 16.3 Å². The van der Waals surface area contributed by atoms with Crippen LogP contribution in [-0.2, 0) is 5.75 Å². The maximum Gasteiger partial charge on any atom is 0.128 e. The minimum atomic E-state index is -0.291. The summed E-state index contributed by atoms with van der Waals surface area (Å²) in [5, 5.41) is 1.23. The minimum Gasteiger partial charge on any atom is -0.397 e. The third kappa shape index (κ3) is 3.11. The van der Waals surface area contributed by atoms with E-state index < -0.39 is 0 Å². The molecule has 1 aromatic carbocycles. The van der Waals surface area contributed by atoms with Crippen molar-refractivity contribution in [2.75, 3.05) is 5.73 Å². The van der Waals surface area contributed by atoms with E-state index in [2.05, 4.69) is 4.98 Å². The molecule has 0 saturated carbocycles. The summed E-state index contributed by atoms with van der Waals surface area (Å²) < 4.78 is 13.5. The van der Waals surface area contributed by atoms with Crippen molar-refractivity contribution in [1.29, 1.82) is 0 Å². The highest BCUT2D eigenvalue weighted by Crippen LogP contribution is 2.27. The van der Waals surface area contributed by atoms with Crippen LogP contribution in [0.5, 0.6) is 0 Å². The largest absolute Gasteiger partial charge is 0.397 e. The summed E-state index contributed by atoms with van der Waals surface area (Å²) >= 11 is 7.35. The summed E-state index contributed by atoms with van der Waals surface area (Å²) in [6, 6.07) is 8.23. The molecule has 0 unspecified atom stereocenters. The van der Waals surface area contributed by atoms with Gasteiger partial charge in [0.2, 0.25) is 0 Å². The van der Waals surface area contributed by atoms with E-state index in [1.807, 2.05) is 0 Å². The molecule has 17 heavy (non-hydrogen) atoms. The van der Waals surface area contributed by atoms with Gasteiger partial charge in [0.25, 0.3) is 0 Å². The molecule has 0 spiro atoms. The molecule has 0 aliphatic rings. The molecule has 1 aromatic heterocycles. The number of thioether (sulfide) groups is 1. The lowest BCUT2D eigenvalue weighted by Gasteiger charge is -2.05. The third-order valence-electron chi connectivity index (χ3n) is 2.19. The molecule has 0 radical (unpaired) electrons. The molecule has 5 heteroatoms. The summed E-state index contributed by atoms with van der Waals surface area (Å²) in [5.74, 6) is 0.156. The number of pyridine rings is 1. The van der Waals surface area contributed by atoms with Crippen LogP contribution in [-0.4, -0.2) is 4.98 Å². The highest BCUT2D eigenvalue weighted by atomic mass is 35.5. The molecule has 0 atom stereocenters. The number of halogens is 2. The van der Waals surface area contributed by atoms with E-state index in [-0.39, 0.29) is 5.82 Å². The van der Waals surface area contributed by atoms with Crippen molar-refractivity contribution in [2.24, 2.45) is 0 Å². The first-order chi connectivity index (χ1) is 8.16. The fraction of sp³-hybridized carbons (Fsp3) is 0.0833. The molecule has 2 N–H and O–H groups in total. The number of nitrogens with two attached hydrogens (primary N) is 1. The molecule has 0 aliphatic heterocycles. The molecule has 1 heterocycles. The highest BCUT2D eigenvalue weighted by molar-refractivity contribution is 7.98. The number of hydrogen-bond donors (Lipinski definition) is 1. The van der Waals surface area contributed by atoms with E-state index >= 15 is 0 Å². The molecular weight excluding hydrogens is 259 g/mol. The molecule has 0 aliphatic carbocycles. The maximum atomic E-state index is 13.5. The molecule has 88 valence electrons. The van der Waals surface area contributed by atoms with Crippen molar-refractivity contribution < 1.29 is 4.39 Å². The fourth-order valence-electron chi connectivity index (χ4n) is 1.29.